The number of amides is 2. The molecule has 0 saturated carbocycles. The fraction of sp³-hybridized carbons (Fsp3) is 0.259. The molecule has 1 atom stereocenters. The Morgan fingerprint density at radius 1 is 1.09 bits per heavy atom. The zero-order valence-electron chi connectivity index (χ0n) is 19.5. The van der Waals surface area contributed by atoms with Crippen LogP contribution in [-0.2, 0) is 11.3 Å². The summed E-state index contributed by atoms with van der Waals surface area (Å²) in [6.45, 7) is 2.87. The Hall–Kier alpha value is -3.45. The molecular weight excluding hydrogens is 448 g/mol. The van der Waals surface area contributed by atoms with Gasteiger partial charge in [-0.05, 0) is 60.7 Å². The summed E-state index contributed by atoms with van der Waals surface area (Å²) < 4.78 is 11.2. The molecule has 1 aliphatic rings. The van der Waals surface area contributed by atoms with Gasteiger partial charge in [0.1, 0.15) is 0 Å². The Morgan fingerprint density at radius 2 is 1.91 bits per heavy atom. The summed E-state index contributed by atoms with van der Waals surface area (Å²) in [5, 5.41) is 2.99. The number of benzene rings is 3. The highest BCUT2D eigenvalue weighted by Crippen LogP contribution is 2.37. The predicted molar refractivity (Wildman–Crippen MR) is 135 cm³/mol. The quantitative estimate of drug-likeness (QED) is 0.411. The van der Waals surface area contributed by atoms with E-state index in [0.717, 1.165) is 21.7 Å². The number of nitrogens with zero attached hydrogens (tertiary/aromatic N) is 1. The second-order valence-electron chi connectivity index (χ2n) is 7.93. The fourth-order valence-electron chi connectivity index (χ4n) is 4.19. The molecule has 2 amide bonds. The SMILES string of the molecule is CCOc1ccc(C(CC(=O)Nc2cccc(SC)c2)N2Cc3ccccc3C2=O)cc1OC. The Bertz CT molecular complexity index is 1200. The molecule has 176 valence electrons. The van der Waals surface area contributed by atoms with Crippen LogP contribution in [0.2, 0.25) is 0 Å². The number of carbonyl (C=O) groups excluding carboxylic acids is 2. The number of ether oxygens (including phenoxy) is 2. The van der Waals surface area contributed by atoms with Crippen LogP contribution in [0.4, 0.5) is 5.69 Å². The number of fused-ring (bicyclic) bond motifs is 1. The first-order valence-electron chi connectivity index (χ1n) is 11.2. The minimum absolute atomic E-state index is 0.0781. The van der Waals surface area contributed by atoms with Crippen LogP contribution in [0.5, 0.6) is 11.5 Å². The molecule has 3 aromatic rings. The van der Waals surface area contributed by atoms with Crippen molar-refractivity contribution in [3.8, 4) is 11.5 Å². The molecule has 1 N–H and O–H groups in total. The van der Waals surface area contributed by atoms with Gasteiger partial charge in [0.15, 0.2) is 11.5 Å². The van der Waals surface area contributed by atoms with Crippen molar-refractivity contribution in [1.29, 1.82) is 0 Å². The van der Waals surface area contributed by atoms with E-state index in [-0.39, 0.29) is 18.2 Å². The third-order valence-corrected chi connectivity index (χ3v) is 6.56. The number of rotatable bonds is 9. The molecule has 1 aliphatic heterocycles. The summed E-state index contributed by atoms with van der Waals surface area (Å²) in [5.74, 6) is 0.953. The molecule has 0 saturated heterocycles. The lowest BCUT2D eigenvalue weighted by molar-refractivity contribution is -0.117. The van der Waals surface area contributed by atoms with Crippen molar-refractivity contribution in [2.24, 2.45) is 0 Å². The van der Waals surface area contributed by atoms with Crippen LogP contribution in [0.25, 0.3) is 0 Å². The van der Waals surface area contributed by atoms with E-state index in [2.05, 4.69) is 5.32 Å². The molecular formula is C27H28N2O4S. The Labute approximate surface area is 204 Å². The lowest BCUT2D eigenvalue weighted by Gasteiger charge is -2.28. The zero-order chi connectivity index (χ0) is 24.1. The smallest absolute Gasteiger partial charge is 0.255 e. The van der Waals surface area contributed by atoms with E-state index in [1.165, 1.54) is 0 Å². The van der Waals surface area contributed by atoms with Gasteiger partial charge in [-0.2, -0.15) is 0 Å². The van der Waals surface area contributed by atoms with Crippen LogP contribution in [0, 0.1) is 0 Å². The van der Waals surface area contributed by atoms with Gasteiger partial charge in [0.25, 0.3) is 5.91 Å². The minimum Gasteiger partial charge on any atom is -0.493 e. The Morgan fingerprint density at radius 3 is 2.65 bits per heavy atom. The standard InChI is InChI=1S/C27H28N2O4S/c1-4-33-24-13-12-18(14-25(24)32-2)23(29-17-19-8-5-6-11-22(19)27(29)31)16-26(30)28-20-9-7-10-21(15-20)34-3/h5-15,23H,4,16-17H2,1-3H3,(H,28,30). The predicted octanol–water partition coefficient (Wildman–Crippen LogP) is 5.54. The zero-order valence-corrected chi connectivity index (χ0v) is 20.4. The van der Waals surface area contributed by atoms with Gasteiger partial charge in [-0.15, -0.1) is 11.8 Å². The summed E-state index contributed by atoms with van der Waals surface area (Å²) in [6, 6.07) is 20.4. The molecule has 0 fully saturated rings. The maximum absolute atomic E-state index is 13.3. The highest BCUT2D eigenvalue weighted by Gasteiger charge is 2.34. The third-order valence-electron chi connectivity index (χ3n) is 5.83. The van der Waals surface area contributed by atoms with Crippen molar-refractivity contribution in [1.82, 2.24) is 4.90 Å². The van der Waals surface area contributed by atoms with Crippen molar-refractivity contribution < 1.29 is 19.1 Å². The van der Waals surface area contributed by atoms with Gasteiger partial charge in [-0.25, -0.2) is 0 Å². The van der Waals surface area contributed by atoms with Crippen molar-refractivity contribution >= 4 is 29.3 Å². The minimum atomic E-state index is -0.465. The fourth-order valence-corrected chi connectivity index (χ4v) is 4.65. The van der Waals surface area contributed by atoms with Gasteiger partial charge < -0.3 is 19.7 Å². The molecule has 34 heavy (non-hydrogen) atoms. The highest BCUT2D eigenvalue weighted by molar-refractivity contribution is 7.98. The number of methoxy groups -OCH3 is 1. The van der Waals surface area contributed by atoms with Gasteiger partial charge >= 0.3 is 0 Å². The van der Waals surface area contributed by atoms with Crippen molar-refractivity contribution in [3.63, 3.8) is 0 Å². The number of anilines is 1. The van der Waals surface area contributed by atoms with E-state index in [9.17, 15) is 9.59 Å². The van der Waals surface area contributed by atoms with Crippen LogP contribution in [0.15, 0.2) is 71.6 Å². The summed E-state index contributed by atoms with van der Waals surface area (Å²) in [5.41, 5.74) is 3.19. The third kappa shape index (κ3) is 5.04. The molecule has 0 aliphatic carbocycles. The molecule has 1 heterocycles. The second-order valence-corrected chi connectivity index (χ2v) is 8.81. The number of hydrogen-bond donors (Lipinski definition) is 1. The number of thioether (sulfide) groups is 1. The first kappa shape index (κ1) is 23.7. The van der Waals surface area contributed by atoms with Crippen molar-refractivity contribution in [2.75, 3.05) is 25.3 Å². The largest absolute Gasteiger partial charge is 0.493 e. The van der Waals surface area contributed by atoms with Gasteiger partial charge in [0.05, 0.1) is 26.2 Å². The number of hydrogen-bond acceptors (Lipinski definition) is 5. The molecule has 1 unspecified atom stereocenters. The van der Waals surface area contributed by atoms with E-state index in [4.69, 9.17) is 9.47 Å². The summed E-state index contributed by atoms with van der Waals surface area (Å²) in [4.78, 5) is 29.3. The molecule has 0 bridgehead atoms. The molecule has 0 aromatic heterocycles. The molecule has 7 heteroatoms. The van der Waals surface area contributed by atoms with Gasteiger partial charge in [-0.1, -0.05) is 30.3 Å². The molecule has 0 radical (unpaired) electrons. The Balaban J connectivity index is 1.64. The summed E-state index contributed by atoms with van der Waals surface area (Å²) in [7, 11) is 1.58. The van der Waals surface area contributed by atoms with Crippen LogP contribution in [0.1, 0.15) is 40.9 Å². The Kier molecular flexibility index (Phi) is 7.43. The maximum atomic E-state index is 13.3. The first-order valence-corrected chi connectivity index (χ1v) is 12.4. The van der Waals surface area contributed by atoms with Crippen molar-refractivity contribution in [3.05, 3.63) is 83.4 Å². The maximum Gasteiger partial charge on any atom is 0.255 e. The molecule has 3 aromatic carbocycles. The summed E-state index contributed by atoms with van der Waals surface area (Å²) >= 11 is 1.61. The lowest BCUT2D eigenvalue weighted by atomic mass is 10.0. The van der Waals surface area contributed by atoms with Crippen LogP contribution in [0.3, 0.4) is 0 Å². The molecule has 4 rings (SSSR count). The van der Waals surface area contributed by atoms with Crippen LogP contribution in [-0.4, -0.2) is 36.7 Å². The van der Waals surface area contributed by atoms with Crippen LogP contribution < -0.4 is 14.8 Å². The van der Waals surface area contributed by atoms with Gasteiger partial charge in [-0.3, -0.25) is 9.59 Å². The van der Waals surface area contributed by atoms with Gasteiger partial charge in [0.2, 0.25) is 5.91 Å². The normalized spacial score (nSPS) is 13.4. The average Bonchev–Trinajstić information content (AvgIpc) is 3.19. The summed E-state index contributed by atoms with van der Waals surface area (Å²) in [6.07, 6.45) is 2.10. The number of nitrogens with one attached hydrogen (secondary N) is 1. The first-order chi connectivity index (χ1) is 16.5. The van der Waals surface area contributed by atoms with Crippen LogP contribution >= 0.6 is 11.8 Å². The average molecular weight is 477 g/mol. The lowest BCUT2D eigenvalue weighted by Crippen LogP contribution is -2.32. The van der Waals surface area contributed by atoms with E-state index in [0.29, 0.717) is 30.2 Å². The monoisotopic (exact) mass is 476 g/mol. The van der Waals surface area contributed by atoms with E-state index in [1.807, 2.05) is 79.9 Å². The highest BCUT2D eigenvalue weighted by atomic mass is 32.2. The second kappa shape index (κ2) is 10.7. The van der Waals surface area contributed by atoms with E-state index >= 15 is 0 Å². The molecule has 0 spiro atoms. The number of carbonyl (C=O) groups is 2. The van der Waals surface area contributed by atoms with E-state index in [1.54, 1.807) is 23.8 Å². The molecule has 6 nitrogen and oxygen atoms in total. The van der Waals surface area contributed by atoms with Crippen molar-refractivity contribution in [2.45, 2.75) is 30.8 Å². The van der Waals surface area contributed by atoms with Gasteiger partial charge in [0, 0.05) is 22.7 Å². The van der Waals surface area contributed by atoms with E-state index < -0.39 is 6.04 Å². The topological polar surface area (TPSA) is 67.9 Å².